The number of rotatable bonds is 10. The van der Waals surface area contributed by atoms with E-state index in [4.69, 9.17) is 4.74 Å². The molecule has 0 aromatic heterocycles. The lowest BCUT2D eigenvalue weighted by Gasteiger charge is -2.19. The molecule has 0 amide bonds. The maximum Gasteiger partial charge on any atom is 0.0717 e. The Kier molecular flexibility index (Phi) is 8.19. The van der Waals surface area contributed by atoms with Crippen molar-refractivity contribution in [2.75, 3.05) is 19.7 Å². The minimum Gasteiger partial charge on any atom is -0.375 e. The van der Waals surface area contributed by atoms with Gasteiger partial charge in [-0.05, 0) is 30.4 Å². The van der Waals surface area contributed by atoms with Gasteiger partial charge in [0, 0.05) is 6.54 Å². The normalized spacial score (nSPS) is 12.6. The van der Waals surface area contributed by atoms with E-state index in [1.165, 1.54) is 5.56 Å². The Morgan fingerprint density at radius 1 is 1.26 bits per heavy atom. The van der Waals surface area contributed by atoms with Gasteiger partial charge in [0.05, 0.1) is 13.2 Å². The van der Waals surface area contributed by atoms with Gasteiger partial charge in [-0.2, -0.15) is 0 Å². The van der Waals surface area contributed by atoms with E-state index in [1.807, 2.05) is 24.3 Å². The van der Waals surface area contributed by atoms with Crippen LogP contribution in [-0.4, -0.2) is 19.7 Å². The number of hydrogen-bond acceptors (Lipinski definition) is 2. The summed E-state index contributed by atoms with van der Waals surface area (Å²) in [4.78, 5) is 0. The Labute approximate surface area is 117 Å². The first kappa shape index (κ1) is 15.9. The average molecular weight is 261 g/mol. The molecule has 1 aromatic rings. The minimum absolute atomic E-state index is 0.673. The number of ether oxygens (including phenoxy) is 1. The molecule has 106 valence electrons. The molecule has 2 nitrogen and oxygen atoms in total. The summed E-state index contributed by atoms with van der Waals surface area (Å²) in [5.74, 6) is 1.36. The van der Waals surface area contributed by atoms with Gasteiger partial charge in [0.25, 0.3) is 0 Å². The van der Waals surface area contributed by atoms with Crippen LogP contribution in [0.4, 0.5) is 0 Å². The summed E-state index contributed by atoms with van der Waals surface area (Å²) in [6.45, 7) is 11.8. The predicted octanol–water partition coefficient (Wildman–Crippen LogP) is 3.64. The van der Waals surface area contributed by atoms with Crippen LogP contribution in [0.25, 0.3) is 0 Å². The first-order valence-corrected chi connectivity index (χ1v) is 7.17. The van der Waals surface area contributed by atoms with Gasteiger partial charge in [-0.15, -0.1) is 6.58 Å². The third-order valence-corrected chi connectivity index (χ3v) is 3.35. The van der Waals surface area contributed by atoms with Crippen molar-refractivity contribution in [3.05, 3.63) is 48.6 Å². The second-order valence-corrected chi connectivity index (χ2v) is 5.27. The number of hydrogen-bond donors (Lipinski definition) is 1. The van der Waals surface area contributed by atoms with E-state index in [2.05, 4.69) is 37.9 Å². The quantitative estimate of drug-likeness (QED) is 0.513. The van der Waals surface area contributed by atoms with Crippen molar-refractivity contribution in [2.45, 2.75) is 26.9 Å². The molecule has 1 N–H and O–H groups in total. The lowest BCUT2D eigenvalue weighted by molar-refractivity contribution is 0.121. The summed E-state index contributed by atoms with van der Waals surface area (Å²) < 4.78 is 5.64. The van der Waals surface area contributed by atoms with Gasteiger partial charge in [0.2, 0.25) is 0 Å². The molecule has 0 radical (unpaired) electrons. The SMILES string of the molecule is C=CCC(CNCCOCc1ccccc1)C(C)C. The van der Waals surface area contributed by atoms with Crippen molar-refractivity contribution in [2.24, 2.45) is 11.8 Å². The molecule has 0 aliphatic heterocycles. The van der Waals surface area contributed by atoms with Gasteiger partial charge in [0.15, 0.2) is 0 Å². The summed E-state index contributed by atoms with van der Waals surface area (Å²) in [6.07, 6.45) is 3.09. The number of benzene rings is 1. The summed E-state index contributed by atoms with van der Waals surface area (Å²) in [6, 6.07) is 10.3. The van der Waals surface area contributed by atoms with Gasteiger partial charge >= 0.3 is 0 Å². The van der Waals surface area contributed by atoms with Crippen LogP contribution in [0, 0.1) is 11.8 Å². The van der Waals surface area contributed by atoms with Crippen molar-refractivity contribution >= 4 is 0 Å². The second-order valence-electron chi connectivity index (χ2n) is 5.27. The molecule has 0 spiro atoms. The molecule has 19 heavy (non-hydrogen) atoms. The molecular weight excluding hydrogens is 234 g/mol. The molecule has 2 heteroatoms. The van der Waals surface area contributed by atoms with Crippen molar-refractivity contribution in [1.29, 1.82) is 0 Å². The van der Waals surface area contributed by atoms with Crippen LogP contribution in [0.1, 0.15) is 25.8 Å². The van der Waals surface area contributed by atoms with Crippen molar-refractivity contribution < 1.29 is 4.74 Å². The smallest absolute Gasteiger partial charge is 0.0717 e. The van der Waals surface area contributed by atoms with E-state index >= 15 is 0 Å². The van der Waals surface area contributed by atoms with Gasteiger partial charge in [-0.3, -0.25) is 0 Å². The maximum absolute atomic E-state index is 5.64. The second kappa shape index (κ2) is 9.76. The monoisotopic (exact) mass is 261 g/mol. The molecule has 0 aliphatic rings. The third kappa shape index (κ3) is 7.14. The zero-order valence-corrected chi connectivity index (χ0v) is 12.3. The Morgan fingerprint density at radius 3 is 2.63 bits per heavy atom. The van der Waals surface area contributed by atoms with E-state index in [1.54, 1.807) is 0 Å². The average Bonchev–Trinajstić information content (AvgIpc) is 2.42. The maximum atomic E-state index is 5.64. The zero-order valence-electron chi connectivity index (χ0n) is 12.3. The first-order chi connectivity index (χ1) is 9.24. The van der Waals surface area contributed by atoms with Crippen LogP contribution < -0.4 is 5.32 Å². The molecule has 0 aliphatic carbocycles. The fraction of sp³-hybridized carbons (Fsp3) is 0.529. The molecule has 1 aromatic carbocycles. The van der Waals surface area contributed by atoms with E-state index in [-0.39, 0.29) is 0 Å². The molecule has 0 bridgehead atoms. The molecule has 1 rings (SSSR count). The van der Waals surface area contributed by atoms with Crippen LogP contribution in [0.5, 0.6) is 0 Å². The Balaban J connectivity index is 2.06. The predicted molar refractivity (Wildman–Crippen MR) is 82.1 cm³/mol. The Bertz CT molecular complexity index is 334. The highest BCUT2D eigenvalue weighted by Gasteiger charge is 2.10. The molecule has 0 heterocycles. The van der Waals surface area contributed by atoms with E-state index in [9.17, 15) is 0 Å². The summed E-state index contributed by atoms with van der Waals surface area (Å²) in [7, 11) is 0. The van der Waals surface area contributed by atoms with E-state index in [0.29, 0.717) is 18.4 Å². The first-order valence-electron chi connectivity index (χ1n) is 7.17. The van der Waals surface area contributed by atoms with Crippen LogP contribution >= 0.6 is 0 Å². The van der Waals surface area contributed by atoms with Crippen LogP contribution in [0.2, 0.25) is 0 Å². The van der Waals surface area contributed by atoms with Crippen molar-refractivity contribution in [3.8, 4) is 0 Å². The molecule has 1 atom stereocenters. The Morgan fingerprint density at radius 2 is 2.00 bits per heavy atom. The fourth-order valence-corrected chi connectivity index (χ4v) is 2.00. The molecule has 0 fully saturated rings. The highest BCUT2D eigenvalue weighted by Crippen LogP contribution is 2.14. The molecule has 0 saturated heterocycles. The van der Waals surface area contributed by atoms with Gasteiger partial charge in [-0.25, -0.2) is 0 Å². The topological polar surface area (TPSA) is 21.3 Å². The van der Waals surface area contributed by atoms with E-state index in [0.717, 1.165) is 26.1 Å². The highest BCUT2D eigenvalue weighted by atomic mass is 16.5. The molecule has 1 unspecified atom stereocenters. The number of allylic oxidation sites excluding steroid dienone is 1. The van der Waals surface area contributed by atoms with Gasteiger partial charge in [0.1, 0.15) is 0 Å². The van der Waals surface area contributed by atoms with Crippen molar-refractivity contribution in [3.63, 3.8) is 0 Å². The minimum atomic E-state index is 0.673. The summed E-state index contributed by atoms with van der Waals surface area (Å²) in [5.41, 5.74) is 1.23. The standard InChI is InChI=1S/C17H27NO/c1-4-8-17(15(2)3)13-18-11-12-19-14-16-9-6-5-7-10-16/h4-7,9-10,15,17-18H,1,8,11-14H2,2-3H3. The summed E-state index contributed by atoms with van der Waals surface area (Å²) in [5, 5.41) is 3.47. The van der Waals surface area contributed by atoms with Crippen LogP contribution in [-0.2, 0) is 11.3 Å². The van der Waals surface area contributed by atoms with Gasteiger partial charge in [-0.1, -0.05) is 50.3 Å². The lowest BCUT2D eigenvalue weighted by atomic mass is 9.92. The third-order valence-electron chi connectivity index (χ3n) is 3.35. The molecule has 0 saturated carbocycles. The van der Waals surface area contributed by atoms with Gasteiger partial charge < -0.3 is 10.1 Å². The van der Waals surface area contributed by atoms with E-state index < -0.39 is 0 Å². The van der Waals surface area contributed by atoms with Crippen molar-refractivity contribution in [1.82, 2.24) is 5.32 Å². The Hall–Kier alpha value is -1.12. The number of nitrogens with one attached hydrogen (secondary N) is 1. The molecular formula is C17H27NO. The highest BCUT2D eigenvalue weighted by molar-refractivity contribution is 5.13. The largest absolute Gasteiger partial charge is 0.375 e. The zero-order chi connectivity index (χ0) is 13.9. The summed E-state index contributed by atoms with van der Waals surface area (Å²) >= 11 is 0. The fourth-order valence-electron chi connectivity index (χ4n) is 2.00. The van der Waals surface area contributed by atoms with Crippen LogP contribution in [0.15, 0.2) is 43.0 Å². The van der Waals surface area contributed by atoms with Crippen LogP contribution in [0.3, 0.4) is 0 Å². The lowest BCUT2D eigenvalue weighted by Crippen LogP contribution is -2.28.